The molecule has 0 saturated carbocycles. The number of β-amino-alcohol motifs (C(OH)–C–C–N with tert-alkyl or cyclic N) is 1. The fourth-order valence-corrected chi connectivity index (χ4v) is 5.21. The number of aromatic nitrogens is 2. The molecule has 0 radical (unpaired) electrons. The summed E-state index contributed by atoms with van der Waals surface area (Å²) in [5, 5.41) is 26.3. The first-order valence-corrected chi connectivity index (χ1v) is 14.5. The van der Waals surface area contributed by atoms with E-state index in [1.54, 1.807) is 56.3 Å². The molecule has 236 valence electrons. The van der Waals surface area contributed by atoms with Gasteiger partial charge in [-0.3, -0.25) is 9.97 Å². The topological polar surface area (TPSA) is 165 Å². The first-order chi connectivity index (χ1) is 20.7. The van der Waals surface area contributed by atoms with E-state index < -0.39 is 28.8 Å². The van der Waals surface area contributed by atoms with Crippen molar-refractivity contribution >= 4 is 12.2 Å². The Bertz CT molecular complexity index is 1340. The predicted octanol–water partition coefficient (Wildman–Crippen LogP) is 1.26. The van der Waals surface area contributed by atoms with Crippen LogP contribution in [0.1, 0.15) is 65.8 Å². The van der Waals surface area contributed by atoms with Crippen molar-refractivity contribution < 1.29 is 58.5 Å². The van der Waals surface area contributed by atoms with E-state index in [0.29, 0.717) is 31.7 Å². The van der Waals surface area contributed by atoms with Gasteiger partial charge in [0.1, 0.15) is 28.3 Å². The largest absolute Gasteiger partial charge is 1.00 e. The molecule has 0 aliphatic carbocycles. The van der Waals surface area contributed by atoms with Crippen molar-refractivity contribution in [3.05, 3.63) is 66.8 Å². The number of aliphatic hydroxyl groups is 1. The Kier molecular flexibility index (Phi) is 12.9. The van der Waals surface area contributed by atoms with Crippen LogP contribution in [0.5, 0.6) is 0 Å². The van der Waals surface area contributed by atoms with E-state index in [1.165, 1.54) is 4.90 Å². The molecule has 5 rings (SSSR count). The maximum Gasteiger partial charge on any atom is 1.00 e. The first-order valence-electron chi connectivity index (χ1n) is 14.5. The molecule has 4 atom stereocenters. The van der Waals surface area contributed by atoms with Gasteiger partial charge in [-0.25, -0.2) is 9.59 Å². The number of fused-ring (bicyclic) bond motifs is 1. The van der Waals surface area contributed by atoms with Gasteiger partial charge in [-0.2, -0.15) is 5.26 Å². The van der Waals surface area contributed by atoms with E-state index in [-0.39, 0.29) is 53.9 Å². The minimum Gasteiger partial charge on any atom is -0.512 e. The molecule has 3 aliphatic heterocycles. The van der Waals surface area contributed by atoms with Gasteiger partial charge in [-0.15, -0.1) is 0 Å². The Balaban J connectivity index is 0.000000292. The van der Waals surface area contributed by atoms with Crippen LogP contribution in [0.15, 0.2) is 48.8 Å². The maximum atomic E-state index is 12.1. The van der Waals surface area contributed by atoms with Gasteiger partial charge in [0.25, 0.3) is 0 Å². The zero-order valence-corrected chi connectivity index (χ0v) is 29.2. The van der Waals surface area contributed by atoms with Crippen LogP contribution in [0, 0.1) is 23.2 Å². The number of carbonyl (C=O) groups is 2. The average Bonchev–Trinajstić information content (AvgIpc) is 3.73. The number of hydrogen-bond acceptors (Lipinski definition) is 10. The molecular formula is C32H41N6NaO6. The maximum absolute atomic E-state index is 12.1. The molecule has 3 aliphatic rings. The van der Waals surface area contributed by atoms with E-state index >= 15 is 0 Å². The Labute approximate surface area is 287 Å². The van der Waals surface area contributed by atoms with E-state index in [2.05, 4.69) is 16.0 Å². The number of likely N-dealkylation sites (tertiary alicyclic amines) is 2. The van der Waals surface area contributed by atoms with Gasteiger partial charge in [0.15, 0.2) is 0 Å². The number of amides is 2. The van der Waals surface area contributed by atoms with E-state index in [1.807, 2.05) is 39.0 Å². The molecule has 1 unspecified atom stereocenters. The van der Waals surface area contributed by atoms with Crippen LogP contribution in [0.3, 0.4) is 0 Å². The second-order valence-corrected chi connectivity index (χ2v) is 12.9. The molecule has 45 heavy (non-hydrogen) atoms. The number of ether oxygens (including phenoxy) is 3. The number of nitriles is 1. The van der Waals surface area contributed by atoms with Crippen LogP contribution in [0.25, 0.3) is 0 Å². The molecule has 0 spiro atoms. The Morgan fingerprint density at radius 1 is 0.911 bits per heavy atom. The van der Waals surface area contributed by atoms with Gasteiger partial charge in [-0.05, 0) is 72.2 Å². The molecule has 3 fully saturated rings. The molecule has 1 N–H and O–H groups in total. The van der Waals surface area contributed by atoms with Crippen LogP contribution < -0.4 is 29.6 Å². The number of carbonyl (C=O) groups excluding carboxylic acids is 2. The number of aliphatic hydroxyl groups excluding tert-OH is 1. The van der Waals surface area contributed by atoms with Crippen LogP contribution in [0.4, 0.5) is 9.59 Å². The average molecular weight is 629 g/mol. The van der Waals surface area contributed by atoms with Crippen LogP contribution in [0.2, 0.25) is 0 Å². The molecule has 0 bridgehead atoms. The summed E-state index contributed by atoms with van der Waals surface area (Å²) in [6.07, 6.45) is 2.77. The number of epoxide rings is 1. The standard InChI is InChI=1S/C16H21N3O3.C15H20N2O3.CN.Na/c1-15(2,3)22-14(21)19-9-7-16(11-17,13(20)10-19)12-6-4-5-8-18-12;1-14(2,3)20-13(18)17-9-7-15(12(10-17)19-15)11-6-4-5-8-16-11;1-2;/h4-6,8,13,20H,7,9-10H2,1-3H3;4-6,8,12H,7,9-10H2,1-3H3;;/q;;-1;+1/t13-,16-;12?,15-;;/m11../s1. The zero-order valence-electron chi connectivity index (χ0n) is 27.2. The van der Waals surface area contributed by atoms with Crippen molar-refractivity contribution in [2.45, 2.75) is 88.8 Å². The van der Waals surface area contributed by atoms with Crippen LogP contribution >= 0.6 is 0 Å². The quantitative estimate of drug-likeness (QED) is 0.291. The Morgan fingerprint density at radius 2 is 1.40 bits per heavy atom. The van der Waals surface area contributed by atoms with Crippen LogP contribution in [-0.2, 0) is 25.2 Å². The predicted molar refractivity (Wildman–Crippen MR) is 158 cm³/mol. The first kappa shape index (κ1) is 37.9. The molecule has 3 saturated heterocycles. The second kappa shape index (κ2) is 15.4. The Morgan fingerprint density at radius 3 is 1.82 bits per heavy atom. The second-order valence-electron chi connectivity index (χ2n) is 12.9. The summed E-state index contributed by atoms with van der Waals surface area (Å²) in [5.41, 5.74) is -0.911. The molecular weight excluding hydrogens is 587 g/mol. The minimum atomic E-state index is -1.08. The summed E-state index contributed by atoms with van der Waals surface area (Å²) in [4.78, 5) is 35.9. The smallest absolute Gasteiger partial charge is 0.512 e. The van der Waals surface area contributed by atoms with Gasteiger partial charge in [-0.1, -0.05) is 12.1 Å². The van der Waals surface area contributed by atoms with Gasteiger partial charge >= 0.3 is 41.7 Å². The number of rotatable bonds is 2. The molecule has 0 aromatic carbocycles. The fourth-order valence-electron chi connectivity index (χ4n) is 5.21. The van der Waals surface area contributed by atoms with E-state index in [0.717, 1.165) is 12.1 Å². The summed E-state index contributed by atoms with van der Waals surface area (Å²) in [7, 11) is 0. The number of hydrogen-bond donors (Lipinski definition) is 1. The molecule has 2 aromatic heterocycles. The van der Waals surface area contributed by atoms with Crippen LogP contribution in [-0.4, -0.2) is 86.6 Å². The number of piperidine rings is 2. The van der Waals surface area contributed by atoms with Gasteiger partial charge in [0, 0.05) is 31.9 Å². The van der Waals surface area contributed by atoms with Crippen molar-refractivity contribution in [3.63, 3.8) is 0 Å². The number of nitrogens with zero attached hydrogens (tertiary/aromatic N) is 6. The minimum absolute atomic E-state index is 0. The molecule has 13 heteroatoms. The van der Waals surface area contributed by atoms with Crippen molar-refractivity contribution in [1.29, 1.82) is 10.5 Å². The van der Waals surface area contributed by atoms with Crippen molar-refractivity contribution in [1.82, 2.24) is 19.8 Å². The zero-order chi connectivity index (χ0) is 32.8. The molecule has 2 amide bonds. The fraction of sp³-hybridized carbons (Fsp3) is 0.562. The third-order valence-corrected chi connectivity index (χ3v) is 7.42. The summed E-state index contributed by atoms with van der Waals surface area (Å²) in [5.74, 6) is 0. The number of pyridine rings is 2. The van der Waals surface area contributed by atoms with Gasteiger partial charge in [0.2, 0.25) is 0 Å². The van der Waals surface area contributed by atoms with E-state index in [9.17, 15) is 20.0 Å². The molecule has 2 aromatic rings. The van der Waals surface area contributed by atoms with Gasteiger partial charge < -0.3 is 41.0 Å². The summed E-state index contributed by atoms with van der Waals surface area (Å²) < 4.78 is 16.6. The molecule has 5 heterocycles. The van der Waals surface area contributed by atoms with Crippen molar-refractivity contribution in [2.24, 2.45) is 0 Å². The molecule has 12 nitrogen and oxygen atoms in total. The van der Waals surface area contributed by atoms with E-state index in [4.69, 9.17) is 26.0 Å². The monoisotopic (exact) mass is 628 g/mol. The third-order valence-electron chi connectivity index (χ3n) is 7.42. The van der Waals surface area contributed by atoms with Crippen molar-refractivity contribution in [2.75, 3.05) is 26.2 Å². The normalized spacial score (nSPS) is 25.2. The van der Waals surface area contributed by atoms with Crippen molar-refractivity contribution in [3.8, 4) is 6.07 Å². The SMILES string of the molecule is CC(C)(C)OC(=O)N1CC[C@@](C#N)(c2ccccn2)[C@H](O)C1.CC(C)(C)OC(=O)N1CC[C@]2(c3ccccn3)OC2C1.[C-]#N.[Na+]. The summed E-state index contributed by atoms with van der Waals surface area (Å²) >= 11 is 0. The van der Waals surface area contributed by atoms with Gasteiger partial charge in [0.05, 0.1) is 36.7 Å². The Hall–Kier alpha value is -3.26. The summed E-state index contributed by atoms with van der Waals surface area (Å²) in [6.45, 7) is 17.4. The third kappa shape index (κ3) is 9.38. The summed E-state index contributed by atoms with van der Waals surface area (Å²) in [6, 6.07) is 13.3.